The molecule has 0 amide bonds. The van der Waals surface area contributed by atoms with Gasteiger partial charge in [0.1, 0.15) is 11.2 Å². The van der Waals surface area contributed by atoms with Crippen molar-refractivity contribution in [3.8, 4) is 0 Å². The summed E-state index contributed by atoms with van der Waals surface area (Å²) in [7, 11) is 0. The Bertz CT molecular complexity index is 3850. The summed E-state index contributed by atoms with van der Waals surface area (Å²) in [5.41, 5.74) is 17.0. The van der Waals surface area contributed by atoms with E-state index in [4.69, 9.17) is 8.83 Å². The number of furan rings is 2. The minimum Gasteiger partial charge on any atom is -0.454 e. The highest BCUT2D eigenvalue weighted by Crippen LogP contribution is 2.51. The Morgan fingerprint density at radius 3 is 1.62 bits per heavy atom. The summed E-state index contributed by atoms with van der Waals surface area (Å²) >= 11 is 0. The van der Waals surface area contributed by atoms with Gasteiger partial charge in [-0.05, 0) is 142 Å². The number of fused-ring (bicyclic) bond motifs is 6. The van der Waals surface area contributed by atoms with Crippen LogP contribution in [0.2, 0.25) is 0 Å². The van der Waals surface area contributed by atoms with Gasteiger partial charge in [0, 0.05) is 43.7 Å². The molecule has 0 atom stereocenters. The zero-order chi connectivity index (χ0) is 46.8. The third-order valence-electron chi connectivity index (χ3n) is 14.3. The van der Waals surface area contributed by atoms with E-state index in [1.807, 2.05) is 12.1 Å². The van der Waals surface area contributed by atoms with Crippen LogP contribution in [0.3, 0.4) is 0 Å². The molecule has 0 saturated carbocycles. The van der Waals surface area contributed by atoms with E-state index in [1.165, 1.54) is 65.7 Å². The summed E-state index contributed by atoms with van der Waals surface area (Å²) in [6.07, 6.45) is 2.13. The first kappa shape index (κ1) is 43.0. The average Bonchev–Trinajstić information content (AvgIpc) is 3.94. The molecule has 1 N–H and O–H groups in total. The van der Waals surface area contributed by atoms with Gasteiger partial charge in [0.2, 0.25) is 0 Å². The fourth-order valence-electron chi connectivity index (χ4n) is 10.8. The molecule has 0 bridgehead atoms. The number of hydrogen-bond donors (Lipinski definition) is 1. The molecule has 0 aliphatic heterocycles. The van der Waals surface area contributed by atoms with Crippen LogP contribution in [0.1, 0.15) is 86.8 Å². The molecular formula is C64H58N2O2. The molecule has 0 aliphatic rings. The van der Waals surface area contributed by atoms with Crippen LogP contribution >= 0.6 is 0 Å². The standard InChI is InChI=1S/C55H46N2O2.C9H12/c1-7-34-22-23-35(28-33(34)6)57(48-19-13-17-41-37-15-9-11-21-51(37)59-55(41)48)49-30-45(32(4)5)39-24-26-42-47(29-44(31(2)3)38-25-27-43(49)53(39)52(38)42)56-46-18-12-16-40-36-14-8-10-20-50(36)58-54(40)46;1-3-9-7-5-4-6-8(9)2/h8-32,56H,7H2,1-6H3;4-7H,3H2,1-2H3. The van der Waals surface area contributed by atoms with Crippen LogP contribution < -0.4 is 10.2 Å². The molecular weight excluding hydrogens is 829 g/mol. The first-order valence-corrected chi connectivity index (χ1v) is 24.4. The third kappa shape index (κ3) is 7.13. The van der Waals surface area contributed by atoms with Gasteiger partial charge in [0.05, 0.1) is 17.1 Å². The van der Waals surface area contributed by atoms with Crippen molar-refractivity contribution < 1.29 is 8.83 Å². The number of para-hydroxylation sites is 4. The number of anilines is 5. The Morgan fingerprint density at radius 2 is 0.971 bits per heavy atom. The maximum Gasteiger partial charge on any atom is 0.159 e. The lowest BCUT2D eigenvalue weighted by Crippen LogP contribution is -2.12. The minimum absolute atomic E-state index is 0.277. The van der Waals surface area contributed by atoms with E-state index >= 15 is 0 Å². The van der Waals surface area contributed by atoms with E-state index in [0.29, 0.717) is 5.92 Å². The van der Waals surface area contributed by atoms with Crippen LogP contribution in [-0.4, -0.2) is 0 Å². The Kier molecular flexibility index (Phi) is 10.9. The van der Waals surface area contributed by atoms with E-state index in [0.717, 1.165) is 85.2 Å². The largest absolute Gasteiger partial charge is 0.454 e. The summed E-state index contributed by atoms with van der Waals surface area (Å²) in [6, 6.07) is 59.3. The van der Waals surface area contributed by atoms with E-state index in [9.17, 15) is 0 Å². The van der Waals surface area contributed by atoms with Gasteiger partial charge < -0.3 is 19.1 Å². The second kappa shape index (κ2) is 17.3. The van der Waals surface area contributed by atoms with E-state index < -0.39 is 0 Å². The van der Waals surface area contributed by atoms with Gasteiger partial charge in [-0.2, -0.15) is 0 Å². The van der Waals surface area contributed by atoms with Crippen LogP contribution in [-0.2, 0) is 12.8 Å². The summed E-state index contributed by atoms with van der Waals surface area (Å²) in [6.45, 7) is 18.1. The maximum absolute atomic E-state index is 6.79. The van der Waals surface area contributed by atoms with Crippen molar-refractivity contribution in [1.29, 1.82) is 0 Å². The summed E-state index contributed by atoms with van der Waals surface area (Å²) in [5.74, 6) is 0.576. The number of rotatable bonds is 9. The van der Waals surface area contributed by atoms with Gasteiger partial charge in [-0.25, -0.2) is 0 Å². The van der Waals surface area contributed by atoms with Gasteiger partial charge in [0.15, 0.2) is 11.2 Å². The summed E-state index contributed by atoms with van der Waals surface area (Å²) < 4.78 is 13.3. The monoisotopic (exact) mass is 886 g/mol. The number of nitrogens with one attached hydrogen (secondary N) is 1. The molecule has 12 aromatic rings. The van der Waals surface area contributed by atoms with Crippen molar-refractivity contribution in [2.45, 2.75) is 80.1 Å². The molecule has 0 aliphatic carbocycles. The Hall–Kier alpha value is -7.56. The van der Waals surface area contributed by atoms with E-state index in [2.05, 4.69) is 217 Å². The van der Waals surface area contributed by atoms with Gasteiger partial charge in [-0.1, -0.05) is 157 Å². The maximum atomic E-state index is 6.79. The minimum atomic E-state index is 0.277. The van der Waals surface area contributed by atoms with Crippen LogP contribution in [0.4, 0.5) is 28.4 Å². The first-order valence-electron chi connectivity index (χ1n) is 24.4. The lowest BCUT2D eigenvalue weighted by Gasteiger charge is -2.30. The lowest BCUT2D eigenvalue weighted by molar-refractivity contribution is 0.669. The van der Waals surface area contributed by atoms with Gasteiger partial charge >= 0.3 is 0 Å². The molecule has 0 radical (unpaired) electrons. The van der Waals surface area contributed by atoms with Crippen molar-refractivity contribution in [2.75, 3.05) is 10.2 Å². The molecule has 68 heavy (non-hydrogen) atoms. The molecule has 2 heterocycles. The fraction of sp³-hybridized carbons (Fsp3) is 0.188. The smallest absolute Gasteiger partial charge is 0.159 e. The molecule has 2 aromatic heterocycles. The Labute approximate surface area is 399 Å². The highest BCUT2D eigenvalue weighted by atomic mass is 16.3. The highest BCUT2D eigenvalue weighted by molar-refractivity contribution is 6.29. The topological polar surface area (TPSA) is 41.5 Å². The summed E-state index contributed by atoms with van der Waals surface area (Å²) in [4.78, 5) is 2.46. The Morgan fingerprint density at radius 1 is 0.426 bits per heavy atom. The molecule has 0 fully saturated rings. The number of benzene rings is 10. The van der Waals surface area contributed by atoms with Crippen molar-refractivity contribution >= 4 is 105 Å². The van der Waals surface area contributed by atoms with Crippen LogP contribution in [0.25, 0.3) is 76.2 Å². The third-order valence-corrected chi connectivity index (χ3v) is 14.3. The fourth-order valence-corrected chi connectivity index (χ4v) is 10.8. The molecule has 336 valence electrons. The molecule has 10 aromatic carbocycles. The number of nitrogens with zero attached hydrogens (tertiary/aromatic N) is 1. The lowest BCUT2D eigenvalue weighted by atomic mass is 9.84. The SMILES string of the molecule is CCc1ccc(N(c2cc(C(C)C)c3ccc4c(Nc5cccc6c5oc5ccccc56)cc(C(C)C)c5ccc2c3c45)c2cccc3c2oc2ccccc23)cc1C.CCc1ccccc1C. The van der Waals surface area contributed by atoms with Crippen LogP contribution in [0.5, 0.6) is 0 Å². The first-order chi connectivity index (χ1) is 33.1. The van der Waals surface area contributed by atoms with E-state index in [-0.39, 0.29) is 5.92 Å². The molecule has 0 saturated heterocycles. The molecule has 0 unspecified atom stereocenters. The zero-order valence-electron chi connectivity index (χ0n) is 40.4. The second-order valence-electron chi connectivity index (χ2n) is 19.1. The normalized spacial score (nSPS) is 11.9. The zero-order valence-corrected chi connectivity index (χ0v) is 40.4. The van der Waals surface area contributed by atoms with Crippen molar-refractivity contribution in [1.82, 2.24) is 0 Å². The number of hydrogen-bond acceptors (Lipinski definition) is 4. The second-order valence-corrected chi connectivity index (χ2v) is 19.1. The van der Waals surface area contributed by atoms with Crippen LogP contribution in [0.15, 0.2) is 173 Å². The molecule has 0 spiro atoms. The Balaban J connectivity index is 0.000000508. The molecule has 12 rings (SSSR count). The predicted molar refractivity (Wildman–Crippen MR) is 292 cm³/mol. The predicted octanol–water partition coefficient (Wildman–Crippen LogP) is 19.3. The van der Waals surface area contributed by atoms with Crippen molar-refractivity contribution in [2.24, 2.45) is 0 Å². The summed E-state index contributed by atoms with van der Waals surface area (Å²) in [5, 5.41) is 16.0. The highest BCUT2D eigenvalue weighted by Gasteiger charge is 2.26. The van der Waals surface area contributed by atoms with Crippen molar-refractivity contribution in [3.63, 3.8) is 0 Å². The average molecular weight is 887 g/mol. The van der Waals surface area contributed by atoms with Gasteiger partial charge in [-0.15, -0.1) is 0 Å². The van der Waals surface area contributed by atoms with Crippen molar-refractivity contribution in [3.05, 3.63) is 197 Å². The molecule has 4 nitrogen and oxygen atoms in total. The van der Waals surface area contributed by atoms with Gasteiger partial charge in [-0.3, -0.25) is 0 Å². The van der Waals surface area contributed by atoms with E-state index in [1.54, 1.807) is 0 Å². The van der Waals surface area contributed by atoms with Crippen LogP contribution in [0, 0.1) is 13.8 Å². The molecule has 4 heteroatoms. The number of aryl methyl sites for hydroxylation is 4. The quantitative estimate of drug-likeness (QED) is 0.147. The van der Waals surface area contributed by atoms with Gasteiger partial charge in [0.25, 0.3) is 0 Å².